The third-order valence-electron chi connectivity index (χ3n) is 5.71. The Morgan fingerprint density at radius 1 is 1.16 bits per heavy atom. The number of rotatable bonds is 5. The van der Waals surface area contributed by atoms with E-state index in [1.165, 1.54) is 0 Å². The summed E-state index contributed by atoms with van der Waals surface area (Å²) in [5.74, 6) is 1.41. The lowest BCUT2D eigenvalue weighted by molar-refractivity contribution is -0.137. The van der Waals surface area contributed by atoms with Gasteiger partial charge in [0.25, 0.3) is 0 Å². The van der Waals surface area contributed by atoms with E-state index in [4.69, 9.17) is 9.72 Å². The molecular weight excluding hydrogens is 407 g/mol. The van der Waals surface area contributed by atoms with Gasteiger partial charge < -0.3 is 15.4 Å². The van der Waals surface area contributed by atoms with Gasteiger partial charge in [0.15, 0.2) is 5.65 Å². The number of alkyl halides is 3. The minimum atomic E-state index is -4.41. The van der Waals surface area contributed by atoms with Crippen molar-refractivity contribution in [2.45, 2.75) is 50.8 Å². The van der Waals surface area contributed by atoms with Crippen molar-refractivity contribution in [2.24, 2.45) is 0 Å². The molecule has 1 aliphatic heterocycles. The number of ether oxygens (including phenoxy) is 1. The van der Waals surface area contributed by atoms with Gasteiger partial charge in [-0.3, -0.25) is 0 Å². The van der Waals surface area contributed by atoms with Gasteiger partial charge in [-0.25, -0.2) is 0 Å². The lowest BCUT2D eigenvalue weighted by atomic mass is 10.1. The second-order valence-corrected chi connectivity index (χ2v) is 8.39. The van der Waals surface area contributed by atoms with Crippen molar-refractivity contribution in [1.82, 2.24) is 19.9 Å². The number of hydrogen-bond acceptors (Lipinski definition) is 5. The van der Waals surface area contributed by atoms with Crippen LogP contribution >= 0.6 is 0 Å². The molecule has 1 unspecified atom stereocenters. The van der Waals surface area contributed by atoms with Gasteiger partial charge in [0, 0.05) is 23.9 Å². The van der Waals surface area contributed by atoms with Gasteiger partial charge in [0.1, 0.15) is 11.9 Å². The van der Waals surface area contributed by atoms with E-state index in [-0.39, 0.29) is 6.10 Å². The molecule has 1 aromatic carbocycles. The topological polar surface area (TPSA) is 63.5 Å². The molecule has 0 radical (unpaired) electrons. The molecule has 1 saturated heterocycles. The van der Waals surface area contributed by atoms with Gasteiger partial charge in [0.2, 0.25) is 5.88 Å². The van der Waals surface area contributed by atoms with Crippen molar-refractivity contribution in [2.75, 3.05) is 18.4 Å². The maximum Gasteiger partial charge on any atom is 0.416 e. The van der Waals surface area contributed by atoms with E-state index in [0.29, 0.717) is 34.5 Å². The molecule has 2 N–H and O–H groups in total. The van der Waals surface area contributed by atoms with Crippen LogP contribution in [0.1, 0.15) is 48.3 Å². The Hall–Kier alpha value is -2.81. The number of anilines is 2. The van der Waals surface area contributed by atoms with Gasteiger partial charge in [0.05, 0.1) is 11.8 Å². The first-order valence-electron chi connectivity index (χ1n) is 10.6. The molecule has 6 nitrogen and oxygen atoms in total. The second kappa shape index (κ2) is 7.71. The summed E-state index contributed by atoms with van der Waals surface area (Å²) in [5, 5.41) is 10.9. The van der Waals surface area contributed by atoms with Crippen molar-refractivity contribution in [1.29, 1.82) is 0 Å². The first-order chi connectivity index (χ1) is 14.9. The van der Waals surface area contributed by atoms with Crippen molar-refractivity contribution >= 4 is 17.2 Å². The van der Waals surface area contributed by atoms with E-state index in [2.05, 4.69) is 15.7 Å². The Morgan fingerprint density at radius 3 is 2.71 bits per heavy atom. The van der Waals surface area contributed by atoms with Crippen LogP contribution in [-0.4, -0.2) is 33.8 Å². The van der Waals surface area contributed by atoms with E-state index >= 15 is 0 Å². The standard InChI is InChI=1S/C22H24F3N5O/c1-13-7-15(22(23,24)25)9-16(8-13)28-19-10-20(31-17-3-2-6-26-11-17)29-21-18(14-4-5-14)12-27-30(19)21/h7-10,12,14,17,26,28H,2-6,11H2,1H3. The molecule has 1 atom stereocenters. The third kappa shape index (κ3) is 4.32. The van der Waals surface area contributed by atoms with Crippen LogP contribution in [0, 0.1) is 6.92 Å². The normalized spacial score (nSPS) is 19.5. The number of benzene rings is 1. The van der Waals surface area contributed by atoms with Crippen LogP contribution in [0.5, 0.6) is 5.88 Å². The zero-order valence-electron chi connectivity index (χ0n) is 17.2. The summed E-state index contributed by atoms with van der Waals surface area (Å²) in [5.41, 5.74) is 1.91. The van der Waals surface area contributed by atoms with Crippen molar-refractivity contribution in [3.63, 3.8) is 0 Å². The summed E-state index contributed by atoms with van der Waals surface area (Å²) in [6.45, 7) is 3.37. The number of fused-ring (bicyclic) bond motifs is 1. The van der Waals surface area contributed by atoms with Crippen molar-refractivity contribution < 1.29 is 17.9 Å². The molecule has 0 bridgehead atoms. The Bertz CT molecular complexity index is 1100. The van der Waals surface area contributed by atoms with Gasteiger partial charge in [-0.15, -0.1) is 0 Å². The highest BCUT2D eigenvalue weighted by atomic mass is 19.4. The summed E-state index contributed by atoms with van der Waals surface area (Å²) in [7, 11) is 0. The zero-order valence-corrected chi connectivity index (χ0v) is 17.2. The van der Waals surface area contributed by atoms with Crippen molar-refractivity contribution in [3.05, 3.63) is 47.2 Å². The number of halogens is 3. The van der Waals surface area contributed by atoms with Crippen molar-refractivity contribution in [3.8, 4) is 5.88 Å². The summed E-state index contributed by atoms with van der Waals surface area (Å²) < 4.78 is 47.6. The van der Waals surface area contributed by atoms with E-state index in [9.17, 15) is 13.2 Å². The van der Waals surface area contributed by atoms with Crippen LogP contribution in [0.15, 0.2) is 30.5 Å². The maximum atomic E-state index is 13.3. The molecule has 2 aliphatic rings. The zero-order chi connectivity index (χ0) is 21.6. The first-order valence-corrected chi connectivity index (χ1v) is 10.6. The first kappa shape index (κ1) is 20.1. The number of piperidine rings is 1. The number of nitrogens with zero attached hydrogens (tertiary/aromatic N) is 3. The fourth-order valence-electron chi connectivity index (χ4n) is 4.05. The molecule has 9 heteroatoms. The molecule has 3 heterocycles. The van der Waals surface area contributed by atoms with Gasteiger partial charge in [-0.1, -0.05) is 0 Å². The van der Waals surface area contributed by atoms with E-state index < -0.39 is 11.7 Å². The highest BCUT2D eigenvalue weighted by molar-refractivity contribution is 5.64. The average Bonchev–Trinajstić information content (AvgIpc) is 3.47. The van der Waals surface area contributed by atoms with E-state index in [0.717, 1.165) is 56.5 Å². The molecule has 2 fully saturated rings. The van der Waals surface area contributed by atoms with Crippen LogP contribution in [0.25, 0.3) is 5.65 Å². The lowest BCUT2D eigenvalue weighted by Crippen LogP contribution is -2.37. The fraction of sp³-hybridized carbons (Fsp3) is 0.455. The van der Waals surface area contributed by atoms with Crippen LogP contribution in [0.4, 0.5) is 24.7 Å². The monoisotopic (exact) mass is 431 g/mol. The predicted molar refractivity (Wildman–Crippen MR) is 111 cm³/mol. The minimum absolute atomic E-state index is 0.0136. The summed E-state index contributed by atoms with van der Waals surface area (Å²) in [4.78, 5) is 4.70. The van der Waals surface area contributed by atoms with Crippen LogP contribution in [0.2, 0.25) is 0 Å². The number of hydrogen-bond donors (Lipinski definition) is 2. The molecule has 1 saturated carbocycles. The smallest absolute Gasteiger partial charge is 0.416 e. The molecule has 1 aliphatic carbocycles. The maximum absolute atomic E-state index is 13.3. The SMILES string of the molecule is Cc1cc(Nc2cc(OC3CCCNC3)nc3c(C4CC4)cnn23)cc(C(F)(F)F)c1. The molecule has 5 rings (SSSR count). The molecule has 0 amide bonds. The molecule has 164 valence electrons. The molecular formula is C22H24F3N5O. The van der Waals surface area contributed by atoms with Gasteiger partial charge >= 0.3 is 6.18 Å². The average molecular weight is 431 g/mol. The van der Waals surface area contributed by atoms with Crippen LogP contribution < -0.4 is 15.4 Å². The largest absolute Gasteiger partial charge is 0.473 e. The number of aromatic nitrogens is 3. The Balaban J connectivity index is 1.53. The lowest BCUT2D eigenvalue weighted by Gasteiger charge is -2.23. The highest BCUT2D eigenvalue weighted by Gasteiger charge is 2.31. The quantitative estimate of drug-likeness (QED) is 0.607. The summed E-state index contributed by atoms with van der Waals surface area (Å²) >= 11 is 0. The van der Waals surface area contributed by atoms with Gasteiger partial charge in [-0.2, -0.15) is 27.8 Å². The van der Waals surface area contributed by atoms with E-state index in [1.54, 1.807) is 29.8 Å². The van der Waals surface area contributed by atoms with Crippen LogP contribution in [-0.2, 0) is 6.18 Å². The Morgan fingerprint density at radius 2 is 2.00 bits per heavy atom. The van der Waals surface area contributed by atoms with Gasteiger partial charge in [-0.05, 0) is 68.8 Å². The molecule has 2 aromatic heterocycles. The summed E-state index contributed by atoms with van der Waals surface area (Å²) in [6.07, 6.45) is 1.55. The molecule has 0 spiro atoms. The second-order valence-electron chi connectivity index (χ2n) is 8.39. The Kier molecular flexibility index (Phi) is 5.00. The fourth-order valence-corrected chi connectivity index (χ4v) is 4.05. The van der Waals surface area contributed by atoms with E-state index in [1.807, 2.05) is 0 Å². The third-order valence-corrected chi connectivity index (χ3v) is 5.71. The number of nitrogens with one attached hydrogen (secondary N) is 2. The Labute approximate surface area is 177 Å². The van der Waals surface area contributed by atoms with Crippen LogP contribution in [0.3, 0.4) is 0 Å². The summed E-state index contributed by atoms with van der Waals surface area (Å²) in [6, 6.07) is 5.63. The molecule has 31 heavy (non-hydrogen) atoms. The molecule has 3 aromatic rings. The predicted octanol–water partition coefficient (Wildman–Crippen LogP) is 4.81. The highest BCUT2D eigenvalue weighted by Crippen LogP contribution is 2.42. The number of aryl methyl sites for hydroxylation is 1. The minimum Gasteiger partial charge on any atom is -0.473 e.